The van der Waals surface area contributed by atoms with Crippen molar-refractivity contribution in [2.75, 3.05) is 13.3 Å². The molecule has 0 saturated carbocycles. The van der Waals surface area contributed by atoms with E-state index in [-0.39, 0.29) is 25.0 Å². The third-order valence-electron chi connectivity index (χ3n) is 8.10. The lowest BCUT2D eigenvalue weighted by Gasteiger charge is -2.31. The number of aldehydes is 1. The van der Waals surface area contributed by atoms with Crippen LogP contribution in [0.1, 0.15) is 70.6 Å². The van der Waals surface area contributed by atoms with Gasteiger partial charge < -0.3 is 14.8 Å². The molecule has 2 amide bonds. The summed E-state index contributed by atoms with van der Waals surface area (Å²) in [6.07, 6.45) is 4.98. The Hall–Kier alpha value is -4.81. The van der Waals surface area contributed by atoms with E-state index in [9.17, 15) is 19.2 Å². The number of hydrogen-bond acceptors (Lipinski definition) is 7. The molecule has 1 unspecified atom stereocenters. The lowest BCUT2D eigenvalue weighted by atomic mass is 9.94. The van der Waals surface area contributed by atoms with E-state index in [0.717, 1.165) is 23.5 Å². The number of ether oxygens (including phenoxy) is 2. The van der Waals surface area contributed by atoms with Gasteiger partial charge in [0.1, 0.15) is 18.6 Å². The number of hydrogen-bond donors (Lipinski definition) is 1. The quantitative estimate of drug-likeness (QED) is 0.106. The maximum Gasteiger partial charge on any atom is 0.419 e. The van der Waals surface area contributed by atoms with E-state index < -0.39 is 25.7 Å². The lowest BCUT2D eigenvalue weighted by molar-refractivity contribution is -0.135. The number of nitrogens with zero attached hydrogens (tertiary/aromatic N) is 4. The van der Waals surface area contributed by atoms with Crippen LogP contribution in [-0.4, -0.2) is 70.5 Å². The molecule has 0 fully saturated rings. The molecule has 3 heterocycles. The third kappa shape index (κ3) is 9.01. The number of nitrogens with one attached hydrogen (secondary N) is 1. The second kappa shape index (κ2) is 14.3. The minimum atomic E-state index is -1.38. The molecule has 5 rings (SSSR count). The molecular weight excluding hydrogens is 639 g/mol. The molecule has 1 atom stereocenters. The molecule has 1 N–H and O–H groups in total. The first-order valence-corrected chi connectivity index (χ1v) is 20.1. The second-order valence-corrected chi connectivity index (χ2v) is 20.4. The van der Waals surface area contributed by atoms with Crippen molar-refractivity contribution in [1.82, 2.24) is 24.6 Å². The van der Waals surface area contributed by atoms with Crippen LogP contribution in [0.15, 0.2) is 72.8 Å². The van der Waals surface area contributed by atoms with Crippen LogP contribution in [0.4, 0.5) is 4.79 Å². The predicted molar refractivity (Wildman–Crippen MR) is 190 cm³/mol. The van der Waals surface area contributed by atoms with Gasteiger partial charge in [-0.05, 0) is 63.6 Å². The average molecular weight is 684 g/mol. The standard InChI is InChI=1S/C37H45N5O6Si/c1-25-8-10-26(11-9-25)20-41-21-29(19-38-41)34(44)39-30-18-31(35(45)40(22-30)24-47-14-15-49(5,6)7)33-17-28-16-27(23-43)12-13-32(28)42(33)36(46)48-37(2,3)4/h8-13,16-17,19,21-23,31H,14-15,18,20,24H2,1-7H3,(H,39,44). The zero-order valence-electron chi connectivity index (χ0n) is 29.3. The number of carbonyl (C=O) groups excluding carboxylic acids is 4. The van der Waals surface area contributed by atoms with Crippen LogP contribution >= 0.6 is 0 Å². The normalized spacial score (nSPS) is 15.3. The monoisotopic (exact) mass is 683 g/mol. The van der Waals surface area contributed by atoms with Gasteiger partial charge in [0.15, 0.2) is 0 Å². The van der Waals surface area contributed by atoms with Crippen molar-refractivity contribution in [3.8, 4) is 0 Å². The Morgan fingerprint density at radius 2 is 1.82 bits per heavy atom. The topological polar surface area (TPSA) is 125 Å². The summed E-state index contributed by atoms with van der Waals surface area (Å²) < 4.78 is 14.8. The van der Waals surface area contributed by atoms with Crippen molar-refractivity contribution in [3.05, 3.63) is 101 Å². The van der Waals surface area contributed by atoms with Gasteiger partial charge in [-0.25, -0.2) is 9.36 Å². The molecule has 4 aromatic rings. The van der Waals surface area contributed by atoms with E-state index in [0.29, 0.717) is 46.6 Å². The molecule has 2 aromatic carbocycles. The van der Waals surface area contributed by atoms with Gasteiger partial charge in [-0.15, -0.1) is 0 Å². The van der Waals surface area contributed by atoms with Gasteiger partial charge in [-0.1, -0.05) is 49.5 Å². The maximum absolute atomic E-state index is 14.1. The van der Waals surface area contributed by atoms with E-state index in [1.165, 1.54) is 15.7 Å². The summed E-state index contributed by atoms with van der Waals surface area (Å²) in [6, 6.07) is 15.7. The molecule has 0 saturated heterocycles. The fourth-order valence-corrected chi connectivity index (χ4v) is 6.29. The zero-order valence-corrected chi connectivity index (χ0v) is 30.3. The van der Waals surface area contributed by atoms with E-state index in [1.807, 2.05) is 31.2 Å². The number of allylic oxidation sites excluding steroid dienone is 1. The number of amides is 2. The Kier molecular flexibility index (Phi) is 10.4. The molecule has 49 heavy (non-hydrogen) atoms. The fourth-order valence-electron chi connectivity index (χ4n) is 5.53. The van der Waals surface area contributed by atoms with Crippen LogP contribution in [0.2, 0.25) is 25.7 Å². The van der Waals surface area contributed by atoms with Crippen LogP contribution < -0.4 is 5.32 Å². The van der Waals surface area contributed by atoms with Crippen LogP contribution in [0.3, 0.4) is 0 Å². The highest BCUT2D eigenvalue weighted by molar-refractivity contribution is 6.76. The molecular formula is C37H45N5O6Si. The first kappa shape index (κ1) is 35.5. The average Bonchev–Trinajstić information content (AvgIpc) is 3.65. The molecule has 0 radical (unpaired) electrons. The van der Waals surface area contributed by atoms with Crippen molar-refractivity contribution in [3.63, 3.8) is 0 Å². The minimum absolute atomic E-state index is 0.0182. The maximum atomic E-state index is 14.1. The van der Waals surface area contributed by atoms with Crippen molar-refractivity contribution in [2.24, 2.45) is 0 Å². The highest BCUT2D eigenvalue weighted by atomic mass is 28.3. The summed E-state index contributed by atoms with van der Waals surface area (Å²) in [6.45, 7) is 15.1. The van der Waals surface area contributed by atoms with Crippen molar-refractivity contribution in [1.29, 1.82) is 0 Å². The first-order chi connectivity index (χ1) is 23.1. The highest BCUT2D eigenvalue weighted by Gasteiger charge is 2.36. The van der Waals surface area contributed by atoms with Crippen LogP contribution in [0, 0.1) is 6.92 Å². The Morgan fingerprint density at radius 1 is 1.08 bits per heavy atom. The van der Waals surface area contributed by atoms with Gasteiger partial charge in [0.25, 0.3) is 5.91 Å². The van der Waals surface area contributed by atoms with Crippen molar-refractivity contribution in [2.45, 2.75) is 77.9 Å². The molecule has 258 valence electrons. The predicted octanol–water partition coefficient (Wildman–Crippen LogP) is 6.69. The van der Waals surface area contributed by atoms with Gasteiger partial charge >= 0.3 is 6.09 Å². The third-order valence-corrected chi connectivity index (χ3v) is 9.81. The Morgan fingerprint density at radius 3 is 2.49 bits per heavy atom. The summed E-state index contributed by atoms with van der Waals surface area (Å²) in [5.41, 5.74) is 3.58. The summed E-state index contributed by atoms with van der Waals surface area (Å²) >= 11 is 0. The number of aromatic nitrogens is 3. The van der Waals surface area contributed by atoms with E-state index in [2.05, 4.69) is 30.1 Å². The summed E-state index contributed by atoms with van der Waals surface area (Å²) in [5, 5.41) is 7.97. The minimum Gasteiger partial charge on any atom is -0.443 e. The molecule has 0 aliphatic carbocycles. The second-order valence-electron chi connectivity index (χ2n) is 14.8. The summed E-state index contributed by atoms with van der Waals surface area (Å²) in [4.78, 5) is 54.4. The van der Waals surface area contributed by atoms with E-state index >= 15 is 0 Å². The highest BCUT2D eigenvalue weighted by Crippen LogP contribution is 2.35. The Bertz CT molecular complexity index is 1890. The molecule has 2 aromatic heterocycles. The number of aryl methyl sites for hydroxylation is 1. The smallest absolute Gasteiger partial charge is 0.419 e. The number of fused-ring (bicyclic) bond motifs is 1. The number of carbonyl (C=O) groups is 4. The Labute approximate surface area is 287 Å². The molecule has 11 nitrogen and oxygen atoms in total. The largest absolute Gasteiger partial charge is 0.443 e. The molecule has 1 aliphatic heterocycles. The van der Waals surface area contributed by atoms with Crippen molar-refractivity contribution >= 4 is 43.2 Å². The summed E-state index contributed by atoms with van der Waals surface area (Å²) in [7, 11) is -1.38. The number of rotatable bonds is 11. The van der Waals surface area contributed by atoms with Gasteiger partial charge in [0.05, 0.1) is 29.7 Å². The van der Waals surface area contributed by atoms with Gasteiger partial charge in [0.2, 0.25) is 5.91 Å². The van der Waals surface area contributed by atoms with E-state index in [1.54, 1.807) is 62.1 Å². The molecule has 1 aliphatic rings. The van der Waals surface area contributed by atoms with Gasteiger partial charge in [-0.3, -0.25) is 24.0 Å². The molecule has 0 bridgehead atoms. The lowest BCUT2D eigenvalue weighted by Crippen LogP contribution is -2.41. The molecule has 0 spiro atoms. The Balaban J connectivity index is 1.46. The van der Waals surface area contributed by atoms with Gasteiger partial charge in [0, 0.05) is 55.8 Å². The first-order valence-electron chi connectivity index (χ1n) is 16.4. The van der Waals surface area contributed by atoms with E-state index in [4.69, 9.17) is 9.47 Å². The zero-order chi connectivity index (χ0) is 35.5. The number of benzene rings is 2. The SMILES string of the molecule is Cc1ccc(Cn2cc(C(=O)NC3=CN(COCC[Si](C)(C)C)C(=O)C(c4cc5cc(C=O)ccc5n4C(=O)OC(C)(C)C)C3)cn2)cc1. The van der Waals surface area contributed by atoms with Gasteiger partial charge in [-0.2, -0.15) is 5.10 Å². The molecule has 12 heteroatoms. The van der Waals surface area contributed by atoms with Crippen LogP contribution in [0.25, 0.3) is 10.9 Å². The van der Waals surface area contributed by atoms with Crippen LogP contribution in [0.5, 0.6) is 0 Å². The van der Waals surface area contributed by atoms with Crippen LogP contribution in [-0.2, 0) is 20.8 Å². The fraction of sp³-hybridized carbons (Fsp3) is 0.378. The summed E-state index contributed by atoms with van der Waals surface area (Å²) in [5.74, 6) is -1.54. The van der Waals surface area contributed by atoms with Crippen molar-refractivity contribution < 1.29 is 28.7 Å².